The summed E-state index contributed by atoms with van der Waals surface area (Å²) in [6.45, 7) is 2.06. The van der Waals surface area contributed by atoms with Crippen LogP contribution in [0.3, 0.4) is 0 Å². The van der Waals surface area contributed by atoms with E-state index in [9.17, 15) is 24.0 Å². The second-order valence-electron chi connectivity index (χ2n) is 13.4. The molecule has 3 atom stereocenters. The lowest BCUT2D eigenvalue weighted by molar-refractivity contribution is -0.136. The minimum absolute atomic E-state index is 0.0352. The lowest BCUT2D eigenvalue weighted by Crippen LogP contribution is -2.54. The number of benzene rings is 1. The van der Waals surface area contributed by atoms with Gasteiger partial charge in [0.25, 0.3) is 17.7 Å². The number of nitrogens with zero attached hydrogens (tertiary/aromatic N) is 4. The molecule has 1 saturated heterocycles. The van der Waals surface area contributed by atoms with Crippen LogP contribution in [0.25, 0.3) is 10.9 Å². The number of imide groups is 2. The number of carbonyl (C=O) groups excluding carboxylic acids is 5. The zero-order valence-corrected chi connectivity index (χ0v) is 30.0. The molecule has 17 heteroatoms. The Morgan fingerprint density at radius 1 is 1.00 bits per heavy atom. The van der Waals surface area contributed by atoms with Gasteiger partial charge in [0, 0.05) is 54.7 Å². The van der Waals surface area contributed by atoms with Crippen LogP contribution in [0.15, 0.2) is 61.1 Å². The number of amides is 5. The average molecular weight is 754 g/mol. The third kappa shape index (κ3) is 8.68. The average Bonchev–Trinajstić information content (AvgIpc) is 3.96. The van der Waals surface area contributed by atoms with Crippen LogP contribution >= 0.6 is 0 Å². The second kappa shape index (κ2) is 16.5. The zero-order valence-electron chi connectivity index (χ0n) is 30.0. The van der Waals surface area contributed by atoms with E-state index in [0.29, 0.717) is 28.6 Å². The standard InChI is InChI=1S/C38H40FN9O7/c1-21(55-16-15-54-14-13-41-28-4-2-3-24-34(28)38(53)48(37(24)52)30-8-10-33(49)47-36(30)51)26(39)20-43-35(50)25-19-42-32(17-29(25)44-23-6-7-23)46-31-9-5-22-18-40-12-11-27(22)45-31/h2-5,9,11-12,17-19,21,23,26,30,41H,6-8,10,13-16,20H2,1H3,(H,43,50)(H,47,49,51)(H2,42,44,45,46). The molecule has 7 rings (SSSR count). The first-order valence-electron chi connectivity index (χ1n) is 18.1. The topological polar surface area (TPSA) is 206 Å². The zero-order chi connectivity index (χ0) is 38.5. The lowest BCUT2D eigenvalue weighted by Gasteiger charge is -2.27. The van der Waals surface area contributed by atoms with Gasteiger partial charge in [-0.3, -0.25) is 39.2 Å². The molecular weight excluding hydrogens is 713 g/mol. The summed E-state index contributed by atoms with van der Waals surface area (Å²) >= 11 is 0. The van der Waals surface area contributed by atoms with Crippen molar-refractivity contribution in [2.45, 2.75) is 57.0 Å². The number of nitrogens with one attached hydrogen (secondary N) is 5. The minimum Gasteiger partial charge on any atom is -0.382 e. The van der Waals surface area contributed by atoms with E-state index in [-0.39, 0.29) is 62.9 Å². The fraction of sp³-hybridized carbons (Fsp3) is 0.368. The van der Waals surface area contributed by atoms with Crippen molar-refractivity contribution < 1.29 is 37.8 Å². The van der Waals surface area contributed by atoms with Crippen LogP contribution in [0, 0.1) is 0 Å². The molecule has 1 saturated carbocycles. The number of rotatable bonds is 17. The summed E-state index contributed by atoms with van der Waals surface area (Å²) in [6, 6.07) is 11.3. The van der Waals surface area contributed by atoms with Crippen LogP contribution in [-0.2, 0) is 19.1 Å². The Balaban J connectivity index is 0.833. The van der Waals surface area contributed by atoms with E-state index in [1.807, 2.05) is 18.2 Å². The molecule has 0 bridgehead atoms. The van der Waals surface area contributed by atoms with E-state index in [1.54, 1.807) is 37.5 Å². The monoisotopic (exact) mass is 753 g/mol. The van der Waals surface area contributed by atoms with Crippen molar-refractivity contribution in [1.82, 2.24) is 30.5 Å². The maximum absolute atomic E-state index is 15.0. The first-order valence-corrected chi connectivity index (χ1v) is 18.1. The van der Waals surface area contributed by atoms with E-state index < -0.39 is 47.9 Å². The number of alkyl halides is 1. The van der Waals surface area contributed by atoms with Gasteiger partial charge in [0.05, 0.1) is 60.4 Å². The van der Waals surface area contributed by atoms with Crippen molar-refractivity contribution in [3.63, 3.8) is 0 Å². The van der Waals surface area contributed by atoms with Crippen molar-refractivity contribution in [3.8, 4) is 0 Å². The van der Waals surface area contributed by atoms with E-state index in [1.165, 1.54) is 12.3 Å². The fourth-order valence-corrected chi connectivity index (χ4v) is 6.31. The molecule has 3 unspecified atom stereocenters. The normalized spacial score (nSPS) is 17.8. The molecule has 4 aromatic rings. The summed E-state index contributed by atoms with van der Waals surface area (Å²) in [7, 11) is 0. The van der Waals surface area contributed by atoms with Crippen LogP contribution in [0.1, 0.15) is 63.7 Å². The van der Waals surface area contributed by atoms with Crippen LogP contribution in [0.4, 0.5) is 27.4 Å². The Kier molecular flexibility index (Phi) is 11.2. The maximum Gasteiger partial charge on any atom is 0.264 e. The SMILES string of the molecule is CC(OCCOCCNc1cccc2c1C(=O)N(C1CCC(=O)NC1=O)C2=O)C(F)CNC(=O)c1cnc(Nc2ccc3cnccc3n2)cc1NC1CC1. The number of ether oxygens (including phenoxy) is 2. The number of aromatic nitrogens is 3. The quantitative estimate of drug-likeness (QED) is 0.0776. The molecule has 16 nitrogen and oxygen atoms in total. The molecule has 2 aliphatic heterocycles. The van der Waals surface area contributed by atoms with Crippen molar-refractivity contribution in [3.05, 3.63) is 77.7 Å². The third-order valence-electron chi connectivity index (χ3n) is 9.44. The van der Waals surface area contributed by atoms with Gasteiger partial charge in [0.1, 0.15) is 23.8 Å². The van der Waals surface area contributed by atoms with Gasteiger partial charge in [-0.2, -0.15) is 0 Å². The molecule has 5 heterocycles. The van der Waals surface area contributed by atoms with Crippen LogP contribution < -0.4 is 26.6 Å². The molecule has 55 heavy (non-hydrogen) atoms. The number of hydrogen-bond acceptors (Lipinski definition) is 13. The third-order valence-corrected chi connectivity index (χ3v) is 9.44. The minimum atomic E-state index is -1.49. The number of pyridine rings is 3. The molecule has 1 aliphatic carbocycles. The number of fused-ring (bicyclic) bond motifs is 2. The summed E-state index contributed by atoms with van der Waals surface area (Å²) < 4.78 is 26.3. The molecule has 5 amide bonds. The van der Waals surface area contributed by atoms with Crippen molar-refractivity contribution in [1.29, 1.82) is 0 Å². The first kappa shape index (κ1) is 37.3. The molecular formula is C38H40FN9O7. The molecule has 3 aromatic heterocycles. The summed E-state index contributed by atoms with van der Waals surface area (Å²) in [6.07, 6.45) is 4.61. The highest BCUT2D eigenvalue weighted by molar-refractivity contribution is 6.25. The number of anilines is 4. The molecule has 3 aliphatic rings. The Labute approximate surface area is 315 Å². The number of piperidine rings is 1. The van der Waals surface area contributed by atoms with Crippen molar-refractivity contribution in [2.24, 2.45) is 0 Å². The van der Waals surface area contributed by atoms with E-state index in [4.69, 9.17) is 9.47 Å². The molecule has 1 aromatic carbocycles. The Morgan fingerprint density at radius 3 is 2.67 bits per heavy atom. The number of carbonyl (C=O) groups is 5. The molecule has 0 radical (unpaired) electrons. The summed E-state index contributed by atoms with van der Waals surface area (Å²) in [5.41, 5.74) is 2.40. The Hall–Kier alpha value is -6.07. The van der Waals surface area contributed by atoms with E-state index in [2.05, 4.69) is 41.5 Å². The van der Waals surface area contributed by atoms with Crippen molar-refractivity contribution >= 4 is 63.4 Å². The predicted molar refractivity (Wildman–Crippen MR) is 199 cm³/mol. The number of halogens is 1. The lowest BCUT2D eigenvalue weighted by atomic mass is 10.0. The highest BCUT2D eigenvalue weighted by Crippen LogP contribution is 2.33. The van der Waals surface area contributed by atoms with Crippen LogP contribution in [0.2, 0.25) is 0 Å². The summed E-state index contributed by atoms with van der Waals surface area (Å²) in [5, 5.41) is 15.4. The smallest absolute Gasteiger partial charge is 0.264 e. The summed E-state index contributed by atoms with van der Waals surface area (Å²) in [5.74, 6) is -1.69. The Morgan fingerprint density at radius 2 is 1.85 bits per heavy atom. The molecule has 0 spiro atoms. The van der Waals surface area contributed by atoms with Crippen LogP contribution in [0.5, 0.6) is 0 Å². The highest BCUT2D eigenvalue weighted by Gasteiger charge is 2.45. The van der Waals surface area contributed by atoms with Gasteiger partial charge < -0.3 is 30.7 Å². The van der Waals surface area contributed by atoms with Gasteiger partial charge in [-0.1, -0.05) is 6.07 Å². The largest absolute Gasteiger partial charge is 0.382 e. The summed E-state index contributed by atoms with van der Waals surface area (Å²) in [4.78, 5) is 77.4. The number of hydrogen-bond donors (Lipinski definition) is 5. The molecule has 286 valence electrons. The van der Waals surface area contributed by atoms with Crippen molar-refractivity contribution in [2.75, 3.05) is 48.9 Å². The van der Waals surface area contributed by atoms with E-state index >= 15 is 4.39 Å². The van der Waals surface area contributed by atoms with E-state index in [0.717, 1.165) is 28.6 Å². The van der Waals surface area contributed by atoms with Gasteiger partial charge in [0.15, 0.2) is 0 Å². The first-order chi connectivity index (χ1) is 26.7. The van der Waals surface area contributed by atoms with Gasteiger partial charge in [-0.25, -0.2) is 14.4 Å². The highest BCUT2D eigenvalue weighted by atomic mass is 19.1. The second-order valence-corrected chi connectivity index (χ2v) is 13.4. The molecule has 5 N–H and O–H groups in total. The van der Waals surface area contributed by atoms with Gasteiger partial charge >= 0.3 is 0 Å². The van der Waals surface area contributed by atoms with Gasteiger partial charge in [-0.15, -0.1) is 0 Å². The maximum atomic E-state index is 15.0. The van der Waals surface area contributed by atoms with Gasteiger partial charge in [0.2, 0.25) is 11.8 Å². The molecule has 2 fully saturated rings. The van der Waals surface area contributed by atoms with Gasteiger partial charge in [-0.05, 0) is 56.5 Å². The predicted octanol–water partition coefficient (Wildman–Crippen LogP) is 3.35. The van der Waals surface area contributed by atoms with Crippen LogP contribution in [-0.4, -0.2) is 107 Å². The Bertz CT molecular complexity index is 2130. The fourth-order valence-electron chi connectivity index (χ4n) is 6.31.